The van der Waals surface area contributed by atoms with E-state index in [1.807, 2.05) is 0 Å². The van der Waals surface area contributed by atoms with E-state index in [0.717, 1.165) is 11.8 Å². The third kappa shape index (κ3) is 3.29. The number of benzene rings is 1. The standard InChI is InChI=1S/C14H14ClNO3S/c1-20(18,19)13-8-11(9-15)5-6-12(13)10-16-7-3-2-4-14(16)17/h2-8H,9-10H2,1H3. The highest BCUT2D eigenvalue weighted by Crippen LogP contribution is 2.19. The van der Waals surface area contributed by atoms with Crippen molar-refractivity contribution in [2.24, 2.45) is 0 Å². The molecule has 4 nitrogen and oxygen atoms in total. The van der Waals surface area contributed by atoms with E-state index in [-0.39, 0.29) is 22.9 Å². The average molecular weight is 312 g/mol. The molecule has 0 atom stereocenters. The largest absolute Gasteiger partial charge is 0.311 e. The van der Waals surface area contributed by atoms with Crippen LogP contribution in [0.25, 0.3) is 0 Å². The van der Waals surface area contributed by atoms with E-state index in [9.17, 15) is 13.2 Å². The van der Waals surface area contributed by atoms with E-state index in [1.54, 1.807) is 36.5 Å². The molecular weight excluding hydrogens is 298 g/mol. The predicted octanol–water partition coefficient (Wildman–Crippen LogP) is 2.04. The Morgan fingerprint density at radius 1 is 1.20 bits per heavy atom. The smallest absolute Gasteiger partial charge is 0.250 e. The van der Waals surface area contributed by atoms with Crippen LogP contribution in [-0.2, 0) is 22.3 Å². The van der Waals surface area contributed by atoms with Gasteiger partial charge in [0.05, 0.1) is 11.4 Å². The Morgan fingerprint density at radius 3 is 2.55 bits per heavy atom. The van der Waals surface area contributed by atoms with Gasteiger partial charge in [0.15, 0.2) is 9.84 Å². The van der Waals surface area contributed by atoms with Crippen LogP contribution in [0.5, 0.6) is 0 Å². The number of aromatic nitrogens is 1. The maximum atomic E-state index is 11.9. The van der Waals surface area contributed by atoms with Gasteiger partial charge in [0, 0.05) is 24.4 Å². The summed E-state index contributed by atoms with van der Waals surface area (Å²) in [5, 5.41) is 0. The number of sulfone groups is 1. The second-order valence-corrected chi connectivity index (χ2v) is 6.77. The summed E-state index contributed by atoms with van der Waals surface area (Å²) in [5.41, 5.74) is 1.14. The summed E-state index contributed by atoms with van der Waals surface area (Å²) in [7, 11) is -3.37. The number of halogens is 1. The molecule has 0 aliphatic heterocycles. The molecule has 0 radical (unpaired) electrons. The van der Waals surface area contributed by atoms with Crippen molar-refractivity contribution in [2.45, 2.75) is 17.3 Å². The number of alkyl halides is 1. The van der Waals surface area contributed by atoms with Gasteiger partial charge in [0.25, 0.3) is 5.56 Å². The van der Waals surface area contributed by atoms with Gasteiger partial charge in [-0.2, -0.15) is 0 Å². The maximum Gasteiger partial charge on any atom is 0.250 e. The van der Waals surface area contributed by atoms with Crippen molar-refractivity contribution in [2.75, 3.05) is 6.26 Å². The lowest BCUT2D eigenvalue weighted by molar-refractivity contribution is 0.599. The fourth-order valence-electron chi connectivity index (χ4n) is 1.93. The first-order valence-electron chi connectivity index (χ1n) is 5.95. The predicted molar refractivity (Wildman–Crippen MR) is 78.9 cm³/mol. The van der Waals surface area contributed by atoms with Crippen molar-refractivity contribution in [1.82, 2.24) is 4.57 Å². The number of hydrogen-bond donors (Lipinski definition) is 0. The number of rotatable bonds is 4. The van der Waals surface area contributed by atoms with E-state index in [1.165, 1.54) is 10.6 Å². The molecule has 0 aliphatic carbocycles. The zero-order valence-corrected chi connectivity index (χ0v) is 12.5. The van der Waals surface area contributed by atoms with Gasteiger partial charge >= 0.3 is 0 Å². The van der Waals surface area contributed by atoms with E-state index in [0.29, 0.717) is 5.56 Å². The summed E-state index contributed by atoms with van der Waals surface area (Å²) in [5.74, 6) is 0.244. The van der Waals surface area contributed by atoms with Gasteiger partial charge in [0.2, 0.25) is 0 Å². The van der Waals surface area contributed by atoms with Crippen LogP contribution in [0.2, 0.25) is 0 Å². The summed E-state index contributed by atoms with van der Waals surface area (Å²) in [6.07, 6.45) is 2.78. The summed E-state index contributed by atoms with van der Waals surface area (Å²) in [6.45, 7) is 0.213. The second-order valence-electron chi connectivity index (χ2n) is 4.51. The fourth-order valence-corrected chi connectivity index (χ4v) is 3.07. The van der Waals surface area contributed by atoms with Crippen molar-refractivity contribution in [3.05, 3.63) is 64.1 Å². The SMILES string of the molecule is CS(=O)(=O)c1cc(CCl)ccc1Cn1ccccc1=O. The minimum absolute atomic E-state index is 0.173. The van der Waals surface area contributed by atoms with Crippen LogP contribution in [0.4, 0.5) is 0 Å². The quantitative estimate of drug-likeness (QED) is 0.812. The molecule has 6 heteroatoms. The third-order valence-electron chi connectivity index (χ3n) is 2.93. The lowest BCUT2D eigenvalue weighted by Gasteiger charge is -2.11. The van der Waals surface area contributed by atoms with Crippen molar-refractivity contribution >= 4 is 21.4 Å². The van der Waals surface area contributed by atoms with E-state index in [4.69, 9.17) is 11.6 Å². The highest BCUT2D eigenvalue weighted by Gasteiger charge is 2.14. The van der Waals surface area contributed by atoms with Crippen LogP contribution < -0.4 is 5.56 Å². The normalized spacial score (nSPS) is 11.5. The molecule has 0 saturated carbocycles. The van der Waals surface area contributed by atoms with E-state index in [2.05, 4.69) is 0 Å². The van der Waals surface area contributed by atoms with Gasteiger partial charge in [-0.3, -0.25) is 4.79 Å². The van der Waals surface area contributed by atoms with Gasteiger partial charge in [-0.25, -0.2) is 8.42 Å². The van der Waals surface area contributed by atoms with Crippen LogP contribution >= 0.6 is 11.6 Å². The number of nitrogens with zero attached hydrogens (tertiary/aromatic N) is 1. The molecule has 1 heterocycles. The average Bonchev–Trinajstić information content (AvgIpc) is 2.40. The Bertz CT molecular complexity index is 781. The Kier molecular flexibility index (Phi) is 4.30. The van der Waals surface area contributed by atoms with Crippen LogP contribution in [0.1, 0.15) is 11.1 Å². The molecule has 2 aromatic rings. The second kappa shape index (κ2) is 5.81. The zero-order valence-electron chi connectivity index (χ0n) is 10.9. The topological polar surface area (TPSA) is 56.1 Å². The Hall–Kier alpha value is -1.59. The van der Waals surface area contributed by atoms with Gasteiger partial charge in [-0.15, -0.1) is 11.6 Å². The molecular formula is C14H14ClNO3S. The molecule has 0 bridgehead atoms. The van der Waals surface area contributed by atoms with E-state index >= 15 is 0 Å². The van der Waals surface area contributed by atoms with Gasteiger partial charge in [0.1, 0.15) is 0 Å². The first-order valence-corrected chi connectivity index (χ1v) is 8.37. The lowest BCUT2D eigenvalue weighted by Crippen LogP contribution is -2.19. The Morgan fingerprint density at radius 2 is 1.95 bits per heavy atom. The number of pyridine rings is 1. The molecule has 0 amide bonds. The molecule has 0 spiro atoms. The lowest BCUT2D eigenvalue weighted by atomic mass is 10.1. The van der Waals surface area contributed by atoms with Crippen molar-refractivity contribution < 1.29 is 8.42 Å². The zero-order chi connectivity index (χ0) is 14.8. The summed E-state index contributed by atoms with van der Waals surface area (Å²) in [4.78, 5) is 11.9. The van der Waals surface area contributed by atoms with Crippen LogP contribution in [-0.4, -0.2) is 19.2 Å². The first kappa shape index (κ1) is 14.8. The van der Waals surface area contributed by atoms with Crippen molar-refractivity contribution in [3.63, 3.8) is 0 Å². The highest BCUT2D eigenvalue weighted by atomic mass is 35.5. The summed E-state index contributed by atoms with van der Waals surface area (Å²) in [6, 6.07) is 9.85. The minimum atomic E-state index is -3.37. The number of hydrogen-bond acceptors (Lipinski definition) is 3. The molecule has 1 aromatic carbocycles. The Labute approximate surface area is 122 Å². The fraction of sp³-hybridized carbons (Fsp3) is 0.214. The molecule has 2 rings (SSSR count). The molecule has 0 aliphatic rings. The van der Waals surface area contributed by atoms with Gasteiger partial charge < -0.3 is 4.57 Å². The molecule has 1 aromatic heterocycles. The van der Waals surface area contributed by atoms with E-state index < -0.39 is 9.84 Å². The van der Waals surface area contributed by atoms with Gasteiger partial charge in [-0.05, 0) is 23.3 Å². The van der Waals surface area contributed by atoms with Crippen molar-refractivity contribution in [3.8, 4) is 0 Å². The maximum absolute atomic E-state index is 11.9. The highest BCUT2D eigenvalue weighted by molar-refractivity contribution is 7.90. The first-order chi connectivity index (χ1) is 9.41. The third-order valence-corrected chi connectivity index (χ3v) is 4.41. The van der Waals surface area contributed by atoms with Crippen LogP contribution in [0, 0.1) is 0 Å². The van der Waals surface area contributed by atoms with Crippen molar-refractivity contribution in [1.29, 1.82) is 0 Å². The summed E-state index contributed by atoms with van der Waals surface area (Å²) >= 11 is 5.74. The van der Waals surface area contributed by atoms with Crippen LogP contribution in [0.15, 0.2) is 52.3 Å². The molecule has 0 unspecified atom stereocenters. The molecule has 0 saturated heterocycles. The molecule has 0 N–H and O–H groups in total. The summed E-state index contributed by atoms with van der Waals surface area (Å²) < 4.78 is 25.2. The molecule has 106 valence electrons. The molecule has 0 fully saturated rings. The Balaban J connectivity index is 2.52. The molecule has 20 heavy (non-hydrogen) atoms. The minimum Gasteiger partial charge on any atom is -0.311 e. The monoisotopic (exact) mass is 311 g/mol. The van der Waals surface area contributed by atoms with Gasteiger partial charge in [-0.1, -0.05) is 18.2 Å². The van der Waals surface area contributed by atoms with Crippen LogP contribution in [0.3, 0.4) is 0 Å².